The number of anilines is 1. The zero-order valence-corrected chi connectivity index (χ0v) is 24.4. The molecular weight excluding hydrogens is 542 g/mol. The van der Waals surface area contributed by atoms with Crippen LogP contribution in [0, 0.1) is 22.0 Å². The van der Waals surface area contributed by atoms with Crippen LogP contribution in [0.1, 0.15) is 46.1 Å². The van der Waals surface area contributed by atoms with E-state index in [1.165, 1.54) is 16.7 Å². The molecule has 0 radical (unpaired) electrons. The first kappa shape index (κ1) is 30.1. The van der Waals surface area contributed by atoms with Gasteiger partial charge in [0.15, 0.2) is 11.2 Å². The van der Waals surface area contributed by atoms with Crippen molar-refractivity contribution in [3.8, 4) is 11.8 Å². The van der Waals surface area contributed by atoms with E-state index in [4.69, 9.17) is 9.72 Å². The van der Waals surface area contributed by atoms with Gasteiger partial charge in [0.1, 0.15) is 5.60 Å². The van der Waals surface area contributed by atoms with Crippen LogP contribution in [0.5, 0.6) is 0 Å². The van der Waals surface area contributed by atoms with Crippen molar-refractivity contribution in [2.45, 2.75) is 65.3 Å². The van der Waals surface area contributed by atoms with Gasteiger partial charge in [-0.3, -0.25) is 28.6 Å². The van der Waals surface area contributed by atoms with Crippen molar-refractivity contribution >= 4 is 35.0 Å². The number of aryl methyl sites for hydroxylation is 1. The van der Waals surface area contributed by atoms with Gasteiger partial charge >= 0.3 is 11.8 Å². The van der Waals surface area contributed by atoms with Crippen molar-refractivity contribution in [1.29, 1.82) is 0 Å². The number of para-hydroxylation sites is 1. The lowest BCUT2D eigenvalue weighted by Gasteiger charge is -2.34. The molecule has 1 amide bonds. The SMILES string of the molecule is CC#CCn1c(N2CCCC(NC(=O)OC(C)(C)C)C2)nc2c1c(=O)n(CC=Cc1ccccc1[N+](=O)[O-])c(=O)n2C. The maximum atomic E-state index is 13.7. The van der Waals surface area contributed by atoms with Gasteiger partial charge in [-0.15, -0.1) is 5.92 Å². The number of benzene rings is 1. The predicted molar refractivity (Wildman–Crippen MR) is 159 cm³/mol. The second kappa shape index (κ2) is 12.3. The first-order valence-corrected chi connectivity index (χ1v) is 13.7. The average molecular weight is 578 g/mol. The van der Waals surface area contributed by atoms with E-state index >= 15 is 0 Å². The van der Waals surface area contributed by atoms with Crippen molar-refractivity contribution in [2.75, 3.05) is 18.0 Å². The van der Waals surface area contributed by atoms with Crippen LogP contribution in [0.2, 0.25) is 0 Å². The largest absolute Gasteiger partial charge is 0.444 e. The van der Waals surface area contributed by atoms with Gasteiger partial charge in [0, 0.05) is 38.8 Å². The fourth-order valence-electron chi connectivity index (χ4n) is 4.90. The highest BCUT2D eigenvalue weighted by atomic mass is 16.6. The summed E-state index contributed by atoms with van der Waals surface area (Å²) in [4.78, 5) is 57.0. The Morgan fingerprint density at radius 1 is 1.26 bits per heavy atom. The Labute approximate surface area is 242 Å². The average Bonchev–Trinajstić information content (AvgIpc) is 3.31. The number of rotatable bonds is 7. The van der Waals surface area contributed by atoms with Gasteiger partial charge in [-0.1, -0.05) is 30.2 Å². The van der Waals surface area contributed by atoms with Crippen LogP contribution in [-0.4, -0.2) is 54.4 Å². The molecule has 222 valence electrons. The lowest BCUT2D eigenvalue weighted by molar-refractivity contribution is -0.385. The molecule has 1 saturated heterocycles. The number of hydrogen-bond acceptors (Lipinski definition) is 8. The monoisotopic (exact) mass is 577 g/mol. The number of aromatic nitrogens is 4. The number of carbonyl (C=O) groups is 1. The van der Waals surface area contributed by atoms with Gasteiger partial charge in [0.2, 0.25) is 5.95 Å². The smallest absolute Gasteiger partial charge is 0.407 e. The molecule has 13 heteroatoms. The van der Waals surface area contributed by atoms with E-state index in [0.29, 0.717) is 24.6 Å². The molecule has 3 aromatic rings. The first-order chi connectivity index (χ1) is 19.9. The summed E-state index contributed by atoms with van der Waals surface area (Å²) in [5.74, 6) is 6.32. The second-order valence-corrected chi connectivity index (χ2v) is 11.0. The number of nitro groups is 1. The van der Waals surface area contributed by atoms with Gasteiger partial charge in [-0.2, -0.15) is 4.98 Å². The molecule has 1 fully saturated rings. The molecule has 0 spiro atoms. The summed E-state index contributed by atoms with van der Waals surface area (Å²) >= 11 is 0. The minimum absolute atomic E-state index is 0.0775. The van der Waals surface area contributed by atoms with Gasteiger partial charge in [0.25, 0.3) is 11.2 Å². The molecule has 2 aromatic heterocycles. The van der Waals surface area contributed by atoms with Crippen LogP contribution in [0.15, 0.2) is 39.9 Å². The third kappa shape index (κ3) is 6.54. The number of imidazole rings is 1. The molecule has 0 aliphatic carbocycles. The highest BCUT2D eigenvalue weighted by Crippen LogP contribution is 2.24. The molecule has 3 heterocycles. The highest BCUT2D eigenvalue weighted by molar-refractivity contribution is 5.75. The Hall–Kier alpha value is -4.86. The summed E-state index contributed by atoms with van der Waals surface area (Å²) in [7, 11) is 1.54. The zero-order chi connectivity index (χ0) is 30.6. The number of fused-ring (bicyclic) bond motifs is 1. The van der Waals surface area contributed by atoms with E-state index in [1.54, 1.807) is 63.6 Å². The standard InChI is InChI=1S/C29H35N7O6/c1-6-7-17-34-23-24(31-26(34)33-16-11-14-21(19-33)30-27(38)42-29(2,3)4)32(5)28(39)35(25(23)37)18-10-13-20-12-8-9-15-22(20)36(40)41/h8-10,12-13,15,21H,11,14,16-19H2,1-5H3,(H,30,38). The number of carbonyl (C=O) groups excluding carboxylic acids is 1. The molecule has 1 aliphatic heterocycles. The Balaban J connectivity index is 1.71. The number of ether oxygens (including phenoxy) is 1. The lowest BCUT2D eigenvalue weighted by atomic mass is 10.1. The van der Waals surface area contributed by atoms with E-state index in [1.807, 2.05) is 4.90 Å². The number of allylic oxidation sites excluding steroid dienone is 1. The van der Waals surface area contributed by atoms with Crippen LogP contribution < -0.4 is 21.5 Å². The van der Waals surface area contributed by atoms with Crippen LogP contribution in [0.4, 0.5) is 16.4 Å². The van der Waals surface area contributed by atoms with E-state index in [-0.39, 0.29) is 36.0 Å². The van der Waals surface area contributed by atoms with Crippen molar-refractivity contribution in [1.82, 2.24) is 24.0 Å². The molecule has 1 aromatic carbocycles. The molecule has 1 unspecified atom stereocenters. The fraction of sp³-hybridized carbons (Fsp3) is 0.448. The van der Waals surface area contributed by atoms with E-state index in [2.05, 4.69) is 17.2 Å². The Morgan fingerprint density at radius 3 is 2.69 bits per heavy atom. The van der Waals surface area contributed by atoms with E-state index in [0.717, 1.165) is 17.4 Å². The normalized spacial score (nSPS) is 15.5. The molecule has 1 aliphatic rings. The van der Waals surface area contributed by atoms with Gasteiger partial charge < -0.3 is 15.0 Å². The summed E-state index contributed by atoms with van der Waals surface area (Å²) in [6, 6.07) is 6.02. The van der Waals surface area contributed by atoms with Crippen LogP contribution in [0.3, 0.4) is 0 Å². The van der Waals surface area contributed by atoms with E-state index < -0.39 is 27.9 Å². The quantitative estimate of drug-likeness (QED) is 0.256. The molecule has 42 heavy (non-hydrogen) atoms. The minimum atomic E-state index is -0.624. The zero-order valence-electron chi connectivity index (χ0n) is 24.4. The highest BCUT2D eigenvalue weighted by Gasteiger charge is 2.29. The molecule has 0 saturated carbocycles. The molecule has 0 bridgehead atoms. The Bertz CT molecular complexity index is 1710. The number of nitrogens with one attached hydrogen (secondary N) is 1. The topological polar surface area (TPSA) is 147 Å². The number of hydrogen-bond donors (Lipinski definition) is 1. The van der Waals surface area contributed by atoms with Crippen LogP contribution in [0.25, 0.3) is 17.2 Å². The first-order valence-electron chi connectivity index (χ1n) is 13.7. The summed E-state index contributed by atoms with van der Waals surface area (Å²) in [5.41, 5.74) is -1.01. The summed E-state index contributed by atoms with van der Waals surface area (Å²) < 4.78 is 9.50. The molecule has 1 N–H and O–H groups in total. The molecule has 1 atom stereocenters. The lowest BCUT2D eigenvalue weighted by Crippen LogP contribution is -2.49. The predicted octanol–water partition coefficient (Wildman–Crippen LogP) is 3.04. The number of amides is 1. The van der Waals surface area contributed by atoms with Gasteiger partial charge in [0.05, 0.1) is 17.0 Å². The number of nitrogens with zero attached hydrogens (tertiary/aromatic N) is 6. The van der Waals surface area contributed by atoms with Gasteiger partial charge in [-0.05, 0) is 46.6 Å². The van der Waals surface area contributed by atoms with Crippen LogP contribution in [-0.2, 0) is 24.9 Å². The Morgan fingerprint density at radius 2 is 2.00 bits per heavy atom. The maximum absolute atomic E-state index is 13.7. The summed E-state index contributed by atoms with van der Waals surface area (Å²) in [6.07, 6.45) is 4.08. The minimum Gasteiger partial charge on any atom is -0.444 e. The second-order valence-electron chi connectivity index (χ2n) is 11.0. The summed E-state index contributed by atoms with van der Waals surface area (Å²) in [5, 5.41) is 14.3. The summed E-state index contributed by atoms with van der Waals surface area (Å²) in [6.45, 7) is 8.24. The molecule has 13 nitrogen and oxygen atoms in total. The van der Waals surface area contributed by atoms with Crippen molar-refractivity contribution in [2.24, 2.45) is 7.05 Å². The number of piperidine rings is 1. The number of nitro benzene ring substituents is 1. The van der Waals surface area contributed by atoms with Crippen molar-refractivity contribution < 1.29 is 14.5 Å². The third-order valence-corrected chi connectivity index (χ3v) is 6.77. The fourth-order valence-corrected chi connectivity index (χ4v) is 4.90. The van der Waals surface area contributed by atoms with Crippen LogP contribution >= 0.6 is 0 Å². The Kier molecular flexibility index (Phi) is 8.84. The molecular formula is C29H35N7O6. The van der Waals surface area contributed by atoms with Gasteiger partial charge in [-0.25, -0.2) is 9.59 Å². The third-order valence-electron chi connectivity index (χ3n) is 6.77. The van der Waals surface area contributed by atoms with E-state index in [9.17, 15) is 24.5 Å². The number of alkyl carbamates (subject to hydrolysis) is 1. The van der Waals surface area contributed by atoms with Crippen molar-refractivity contribution in [3.05, 3.63) is 66.9 Å². The molecule has 4 rings (SSSR count). The maximum Gasteiger partial charge on any atom is 0.407 e. The van der Waals surface area contributed by atoms with Crippen molar-refractivity contribution in [3.63, 3.8) is 0 Å².